The third kappa shape index (κ3) is 1.52. The zero-order chi connectivity index (χ0) is 12.0. The molecule has 17 heavy (non-hydrogen) atoms. The van der Waals surface area contributed by atoms with Crippen molar-refractivity contribution in [1.82, 2.24) is 9.97 Å². The molecule has 3 rings (SSSR count). The third-order valence-corrected chi connectivity index (χ3v) is 3.31. The number of aryl methyl sites for hydroxylation is 1. The number of carbonyl (C=O) groups excluding carboxylic acids is 1. The molecule has 1 aromatic carbocycles. The summed E-state index contributed by atoms with van der Waals surface area (Å²) in [5, 5.41) is 2.89. The van der Waals surface area contributed by atoms with E-state index in [1.165, 1.54) is 0 Å². The van der Waals surface area contributed by atoms with Crippen molar-refractivity contribution in [1.29, 1.82) is 0 Å². The van der Waals surface area contributed by atoms with Gasteiger partial charge in [0.25, 0.3) is 0 Å². The summed E-state index contributed by atoms with van der Waals surface area (Å²) in [6.45, 7) is 4.06. The van der Waals surface area contributed by atoms with Gasteiger partial charge in [-0.15, -0.1) is 0 Å². The van der Waals surface area contributed by atoms with Crippen LogP contribution in [-0.4, -0.2) is 15.9 Å². The van der Waals surface area contributed by atoms with E-state index < -0.39 is 0 Å². The third-order valence-electron chi connectivity index (χ3n) is 3.31. The molecule has 1 aliphatic heterocycles. The van der Waals surface area contributed by atoms with Crippen molar-refractivity contribution in [2.24, 2.45) is 0 Å². The summed E-state index contributed by atoms with van der Waals surface area (Å²) in [6.07, 6.45) is 2.04. The summed E-state index contributed by atoms with van der Waals surface area (Å²) < 4.78 is 0. The van der Waals surface area contributed by atoms with Crippen LogP contribution in [0.15, 0.2) is 12.1 Å². The minimum atomic E-state index is -0.0688. The van der Waals surface area contributed by atoms with Crippen molar-refractivity contribution >= 4 is 22.6 Å². The molecule has 4 heteroatoms. The van der Waals surface area contributed by atoms with Gasteiger partial charge in [0.05, 0.1) is 17.0 Å². The summed E-state index contributed by atoms with van der Waals surface area (Å²) >= 11 is 0. The average molecular weight is 229 g/mol. The Hall–Kier alpha value is -1.84. The van der Waals surface area contributed by atoms with Crippen LogP contribution in [0.25, 0.3) is 11.0 Å². The van der Waals surface area contributed by atoms with Gasteiger partial charge in [-0.2, -0.15) is 0 Å². The van der Waals surface area contributed by atoms with Crippen LogP contribution in [-0.2, 0) is 11.2 Å². The lowest BCUT2D eigenvalue weighted by Crippen LogP contribution is -2.08. The van der Waals surface area contributed by atoms with Crippen LogP contribution in [0.4, 0.5) is 5.69 Å². The van der Waals surface area contributed by atoms with Gasteiger partial charge in [0.1, 0.15) is 5.82 Å². The monoisotopic (exact) mass is 229 g/mol. The van der Waals surface area contributed by atoms with Gasteiger partial charge in [0.15, 0.2) is 0 Å². The lowest BCUT2D eigenvalue weighted by Gasteiger charge is -1.99. The first-order valence-corrected chi connectivity index (χ1v) is 6.02. The number of benzene rings is 1. The van der Waals surface area contributed by atoms with E-state index in [9.17, 15) is 4.79 Å². The van der Waals surface area contributed by atoms with Crippen molar-refractivity contribution in [2.75, 3.05) is 5.32 Å². The Morgan fingerprint density at radius 2 is 2.24 bits per heavy atom. The Bertz CT molecular complexity index is 600. The van der Waals surface area contributed by atoms with Gasteiger partial charge in [-0.3, -0.25) is 4.79 Å². The maximum absolute atomic E-state index is 11.6. The molecule has 1 aliphatic rings. The Morgan fingerprint density at radius 1 is 1.41 bits per heavy atom. The lowest BCUT2D eigenvalue weighted by atomic mass is 10.0. The Balaban J connectivity index is 2.13. The van der Waals surface area contributed by atoms with Gasteiger partial charge in [-0.1, -0.05) is 6.92 Å². The van der Waals surface area contributed by atoms with Crippen molar-refractivity contribution in [3.63, 3.8) is 0 Å². The Morgan fingerprint density at radius 3 is 3.00 bits per heavy atom. The van der Waals surface area contributed by atoms with Crippen molar-refractivity contribution in [3.05, 3.63) is 23.5 Å². The average Bonchev–Trinajstić information content (AvgIpc) is 2.79. The van der Waals surface area contributed by atoms with E-state index in [4.69, 9.17) is 0 Å². The molecule has 1 amide bonds. The highest BCUT2D eigenvalue weighted by molar-refractivity contribution is 6.04. The molecule has 0 saturated carbocycles. The number of hydrogen-bond donors (Lipinski definition) is 2. The zero-order valence-corrected chi connectivity index (χ0v) is 10.0. The first kappa shape index (κ1) is 10.3. The quantitative estimate of drug-likeness (QED) is 0.831. The lowest BCUT2D eigenvalue weighted by molar-refractivity contribution is -0.116. The van der Waals surface area contributed by atoms with Gasteiger partial charge in [0, 0.05) is 12.1 Å². The molecule has 2 heterocycles. The summed E-state index contributed by atoms with van der Waals surface area (Å²) in [6, 6.07) is 4.00. The highest BCUT2D eigenvalue weighted by atomic mass is 16.2. The van der Waals surface area contributed by atoms with E-state index in [1.807, 2.05) is 19.1 Å². The number of aromatic amines is 1. The fourth-order valence-corrected chi connectivity index (χ4v) is 2.33. The van der Waals surface area contributed by atoms with E-state index >= 15 is 0 Å². The maximum atomic E-state index is 11.6. The maximum Gasteiger partial charge on any atom is 0.231 e. The number of hydrogen-bond acceptors (Lipinski definition) is 2. The molecule has 0 fully saturated rings. The highest BCUT2D eigenvalue weighted by Crippen LogP contribution is 2.34. The van der Waals surface area contributed by atoms with E-state index in [2.05, 4.69) is 22.2 Å². The fourth-order valence-electron chi connectivity index (χ4n) is 2.33. The van der Waals surface area contributed by atoms with Crippen LogP contribution in [0, 0.1) is 0 Å². The molecule has 0 bridgehead atoms. The Kier molecular flexibility index (Phi) is 2.18. The van der Waals surface area contributed by atoms with Crippen LogP contribution >= 0.6 is 0 Å². The van der Waals surface area contributed by atoms with Gasteiger partial charge < -0.3 is 10.3 Å². The summed E-state index contributed by atoms with van der Waals surface area (Å²) in [4.78, 5) is 19.4. The van der Waals surface area contributed by atoms with Crippen LogP contribution in [0.3, 0.4) is 0 Å². The van der Waals surface area contributed by atoms with Gasteiger partial charge in [-0.25, -0.2) is 4.98 Å². The van der Waals surface area contributed by atoms with E-state index in [0.717, 1.165) is 41.0 Å². The number of aromatic nitrogens is 2. The second kappa shape index (κ2) is 3.58. The standard InChI is InChI=1S/C13H15N3O/c1-3-4-12-14-10-5-8-7(2)13(17)16-9(8)6-11(10)15-12/h5-7H,3-4H2,1-2H3,(H,14,15)(H,16,17). The van der Waals surface area contributed by atoms with Crippen LogP contribution < -0.4 is 5.32 Å². The molecule has 2 N–H and O–H groups in total. The van der Waals surface area contributed by atoms with Crippen LogP contribution in [0.5, 0.6) is 0 Å². The second-order valence-corrected chi connectivity index (χ2v) is 4.60. The molecule has 2 aromatic rings. The molecule has 0 radical (unpaired) electrons. The van der Waals surface area contributed by atoms with Crippen molar-refractivity contribution < 1.29 is 4.79 Å². The second-order valence-electron chi connectivity index (χ2n) is 4.60. The van der Waals surface area contributed by atoms with Gasteiger partial charge >= 0.3 is 0 Å². The molecule has 0 spiro atoms. The van der Waals surface area contributed by atoms with Crippen molar-refractivity contribution in [2.45, 2.75) is 32.6 Å². The van der Waals surface area contributed by atoms with E-state index in [0.29, 0.717) is 0 Å². The molecule has 88 valence electrons. The molecule has 0 aliphatic carbocycles. The summed E-state index contributed by atoms with van der Waals surface area (Å²) in [5.74, 6) is 1.02. The minimum Gasteiger partial charge on any atom is -0.342 e. The highest BCUT2D eigenvalue weighted by Gasteiger charge is 2.27. The van der Waals surface area contributed by atoms with Crippen molar-refractivity contribution in [3.8, 4) is 0 Å². The Labute approximate surface area is 99.4 Å². The van der Waals surface area contributed by atoms with Gasteiger partial charge in [-0.05, 0) is 31.0 Å². The number of imidazole rings is 1. The number of H-pyrrole nitrogens is 1. The molecule has 1 unspecified atom stereocenters. The van der Waals surface area contributed by atoms with Crippen LogP contribution in [0.1, 0.15) is 37.6 Å². The number of nitrogens with one attached hydrogen (secondary N) is 2. The molecular formula is C13H15N3O. The number of nitrogens with zero attached hydrogens (tertiary/aromatic N) is 1. The van der Waals surface area contributed by atoms with E-state index in [-0.39, 0.29) is 11.8 Å². The summed E-state index contributed by atoms with van der Waals surface area (Å²) in [5.41, 5.74) is 3.93. The normalized spacial score (nSPS) is 18.5. The smallest absolute Gasteiger partial charge is 0.231 e. The first-order chi connectivity index (χ1) is 8.19. The first-order valence-electron chi connectivity index (χ1n) is 6.02. The minimum absolute atomic E-state index is 0.0688. The number of fused-ring (bicyclic) bond motifs is 2. The molecule has 4 nitrogen and oxygen atoms in total. The topological polar surface area (TPSA) is 57.8 Å². The predicted octanol–water partition coefficient (Wildman–Crippen LogP) is 2.57. The van der Waals surface area contributed by atoms with Crippen LogP contribution in [0.2, 0.25) is 0 Å². The summed E-state index contributed by atoms with van der Waals surface area (Å²) in [7, 11) is 0. The predicted molar refractivity (Wildman–Crippen MR) is 67.1 cm³/mol. The zero-order valence-electron chi connectivity index (χ0n) is 10.0. The fraction of sp³-hybridized carbons (Fsp3) is 0.385. The largest absolute Gasteiger partial charge is 0.342 e. The van der Waals surface area contributed by atoms with Gasteiger partial charge in [0.2, 0.25) is 5.91 Å². The molecule has 0 saturated heterocycles. The number of anilines is 1. The van der Waals surface area contributed by atoms with E-state index in [1.54, 1.807) is 0 Å². The number of amides is 1. The molecule has 1 atom stereocenters. The SMILES string of the molecule is CCCc1nc2cc3c(cc2[nH]1)NC(=O)C3C. The number of rotatable bonds is 2. The molecule has 1 aromatic heterocycles. The number of carbonyl (C=O) groups is 1. The molecular weight excluding hydrogens is 214 g/mol.